The molecule has 1 aliphatic rings. The summed E-state index contributed by atoms with van der Waals surface area (Å²) in [6, 6.07) is 20.0. The van der Waals surface area contributed by atoms with Gasteiger partial charge in [0.05, 0.1) is 11.4 Å². The van der Waals surface area contributed by atoms with Crippen molar-refractivity contribution in [2.45, 2.75) is 19.7 Å². The Morgan fingerprint density at radius 2 is 1.40 bits per heavy atom. The molecule has 30 heavy (non-hydrogen) atoms. The molecule has 0 spiro atoms. The molecule has 3 aromatic rings. The molecule has 0 unspecified atom stereocenters. The fourth-order valence-corrected chi connectivity index (χ4v) is 3.43. The van der Waals surface area contributed by atoms with Gasteiger partial charge in [-0.15, -0.1) is 13.2 Å². The normalized spacial score (nSPS) is 13.8. The van der Waals surface area contributed by atoms with Gasteiger partial charge in [-0.1, -0.05) is 18.2 Å². The molecule has 0 aliphatic carbocycles. The summed E-state index contributed by atoms with van der Waals surface area (Å²) >= 11 is 0. The van der Waals surface area contributed by atoms with Crippen LogP contribution >= 0.6 is 0 Å². The molecule has 0 radical (unpaired) electrons. The lowest BCUT2D eigenvalue weighted by atomic mass is 9.95. The molecule has 0 bridgehead atoms. The van der Waals surface area contributed by atoms with Crippen molar-refractivity contribution >= 4 is 11.4 Å². The van der Waals surface area contributed by atoms with Crippen LogP contribution in [0.25, 0.3) is 5.70 Å². The fourth-order valence-electron chi connectivity index (χ4n) is 3.43. The lowest BCUT2D eigenvalue weighted by Crippen LogP contribution is -2.23. The van der Waals surface area contributed by atoms with Crippen LogP contribution in [0.5, 0.6) is 17.2 Å². The Morgan fingerprint density at radius 3 is 2.03 bits per heavy atom. The standard InChI is InChI=1S/C23H18F3NO3/c1-15-14-17-4-2-3-5-21(17)27(28)22(15)16-6-8-18(9-7-16)29-19-10-12-20(13-11-19)30-23(24,25)26/h2-13,28H,14H2,1H3. The molecule has 1 N–H and O–H groups in total. The highest BCUT2D eigenvalue weighted by Gasteiger charge is 2.31. The topological polar surface area (TPSA) is 41.9 Å². The summed E-state index contributed by atoms with van der Waals surface area (Å²) in [6.45, 7) is 1.98. The summed E-state index contributed by atoms with van der Waals surface area (Å²) in [5, 5.41) is 11.9. The summed E-state index contributed by atoms with van der Waals surface area (Å²) in [5.41, 5.74) is 4.38. The molecular weight excluding hydrogens is 395 g/mol. The maximum atomic E-state index is 12.2. The van der Waals surface area contributed by atoms with Gasteiger partial charge in [0.1, 0.15) is 17.2 Å². The Balaban J connectivity index is 1.50. The van der Waals surface area contributed by atoms with Crippen molar-refractivity contribution < 1.29 is 27.9 Å². The number of para-hydroxylation sites is 1. The van der Waals surface area contributed by atoms with E-state index >= 15 is 0 Å². The number of benzene rings is 3. The monoisotopic (exact) mass is 413 g/mol. The highest BCUT2D eigenvalue weighted by Crippen LogP contribution is 2.37. The number of fused-ring (bicyclic) bond motifs is 1. The average Bonchev–Trinajstić information content (AvgIpc) is 2.70. The quantitative estimate of drug-likeness (QED) is 0.526. The van der Waals surface area contributed by atoms with E-state index in [0.717, 1.165) is 28.8 Å². The lowest BCUT2D eigenvalue weighted by molar-refractivity contribution is -0.274. The number of rotatable bonds is 4. The second kappa shape index (κ2) is 7.76. The van der Waals surface area contributed by atoms with Gasteiger partial charge in [-0.3, -0.25) is 5.21 Å². The highest BCUT2D eigenvalue weighted by atomic mass is 19.4. The fraction of sp³-hybridized carbons (Fsp3) is 0.130. The molecule has 154 valence electrons. The zero-order chi connectivity index (χ0) is 21.3. The first-order chi connectivity index (χ1) is 14.3. The third-order valence-electron chi connectivity index (χ3n) is 4.71. The molecule has 0 fully saturated rings. The summed E-state index contributed by atoms with van der Waals surface area (Å²) in [6.07, 6.45) is -3.99. The molecule has 4 rings (SSSR count). The van der Waals surface area contributed by atoms with Crippen molar-refractivity contribution in [3.05, 3.63) is 89.5 Å². The van der Waals surface area contributed by atoms with Gasteiger partial charge in [0.2, 0.25) is 0 Å². The summed E-state index contributed by atoms with van der Waals surface area (Å²) in [4.78, 5) is 0. The van der Waals surface area contributed by atoms with Gasteiger partial charge < -0.3 is 9.47 Å². The average molecular weight is 413 g/mol. The molecule has 0 amide bonds. The van der Waals surface area contributed by atoms with Crippen LogP contribution in [-0.4, -0.2) is 11.6 Å². The van der Waals surface area contributed by atoms with Crippen LogP contribution in [0.4, 0.5) is 18.9 Å². The SMILES string of the molecule is CC1=C(c2ccc(Oc3ccc(OC(F)(F)F)cc3)cc2)N(O)c2ccccc2C1. The van der Waals surface area contributed by atoms with Gasteiger partial charge in [0.15, 0.2) is 0 Å². The number of hydrogen-bond acceptors (Lipinski definition) is 4. The molecule has 0 saturated carbocycles. The summed E-state index contributed by atoms with van der Waals surface area (Å²) < 4.78 is 46.2. The first-order valence-corrected chi connectivity index (χ1v) is 9.21. The van der Waals surface area contributed by atoms with E-state index in [1.165, 1.54) is 29.3 Å². The van der Waals surface area contributed by atoms with Gasteiger partial charge in [-0.2, -0.15) is 0 Å². The zero-order valence-electron chi connectivity index (χ0n) is 16.0. The second-order valence-corrected chi connectivity index (χ2v) is 6.89. The third kappa shape index (κ3) is 4.26. The molecule has 7 heteroatoms. The number of hydrogen-bond donors (Lipinski definition) is 1. The van der Waals surface area contributed by atoms with E-state index in [4.69, 9.17) is 4.74 Å². The van der Waals surface area contributed by atoms with Crippen LogP contribution in [0, 0.1) is 0 Å². The first kappa shape index (κ1) is 19.8. The molecule has 1 aliphatic heterocycles. The predicted molar refractivity (Wildman–Crippen MR) is 107 cm³/mol. The smallest absolute Gasteiger partial charge is 0.457 e. The van der Waals surface area contributed by atoms with E-state index in [1.54, 1.807) is 12.1 Å². The number of alkyl halides is 3. The Kier molecular flexibility index (Phi) is 5.13. The van der Waals surface area contributed by atoms with Gasteiger partial charge >= 0.3 is 6.36 Å². The third-order valence-corrected chi connectivity index (χ3v) is 4.71. The van der Waals surface area contributed by atoms with Crippen LogP contribution in [0.3, 0.4) is 0 Å². The zero-order valence-corrected chi connectivity index (χ0v) is 16.0. The van der Waals surface area contributed by atoms with Crippen molar-refractivity contribution in [2.75, 3.05) is 5.06 Å². The maximum absolute atomic E-state index is 12.2. The van der Waals surface area contributed by atoms with Crippen molar-refractivity contribution in [1.82, 2.24) is 0 Å². The maximum Gasteiger partial charge on any atom is 0.573 e. The van der Waals surface area contributed by atoms with Gasteiger partial charge in [0, 0.05) is 5.56 Å². The van der Waals surface area contributed by atoms with Crippen molar-refractivity contribution in [3.8, 4) is 17.2 Å². The molecule has 0 saturated heterocycles. The largest absolute Gasteiger partial charge is 0.573 e. The molecule has 0 atom stereocenters. The molecule has 4 nitrogen and oxygen atoms in total. The molecule has 1 heterocycles. The van der Waals surface area contributed by atoms with E-state index in [2.05, 4.69) is 4.74 Å². The van der Waals surface area contributed by atoms with Crippen LogP contribution in [0.2, 0.25) is 0 Å². The van der Waals surface area contributed by atoms with Gasteiger partial charge in [-0.05, 0) is 79.1 Å². The van der Waals surface area contributed by atoms with Crippen LogP contribution in [0.1, 0.15) is 18.1 Å². The number of allylic oxidation sites excluding steroid dienone is 1. The predicted octanol–water partition coefficient (Wildman–Crippen LogP) is 6.56. The number of anilines is 1. The first-order valence-electron chi connectivity index (χ1n) is 9.21. The second-order valence-electron chi connectivity index (χ2n) is 6.89. The number of ether oxygens (including phenoxy) is 2. The van der Waals surface area contributed by atoms with Crippen LogP contribution in [0.15, 0.2) is 78.4 Å². The van der Waals surface area contributed by atoms with Gasteiger partial charge in [-0.25, -0.2) is 5.06 Å². The van der Waals surface area contributed by atoms with Gasteiger partial charge in [0.25, 0.3) is 0 Å². The van der Waals surface area contributed by atoms with Crippen molar-refractivity contribution in [1.29, 1.82) is 0 Å². The Labute approximate surface area is 171 Å². The molecule has 0 aromatic heterocycles. The van der Waals surface area contributed by atoms with E-state index in [0.29, 0.717) is 17.2 Å². The number of halogens is 3. The van der Waals surface area contributed by atoms with Crippen molar-refractivity contribution in [2.24, 2.45) is 0 Å². The van der Waals surface area contributed by atoms with E-state index in [-0.39, 0.29) is 5.75 Å². The minimum Gasteiger partial charge on any atom is -0.457 e. The van der Waals surface area contributed by atoms with E-state index in [9.17, 15) is 18.4 Å². The number of nitrogens with zero attached hydrogens (tertiary/aromatic N) is 1. The Hall–Kier alpha value is -3.45. The summed E-state index contributed by atoms with van der Waals surface area (Å²) in [7, 11) is 0. The minimum absolute atomic E-state index is 0.312. The molecular formula is C23H18F3NO3. The van der Waals surface area contributed by atoms with Crippen LogP contribution in [-0.2, 0) is 6.42 Å². The Bertz CT molecular complexity index is 1070. The van der Waals surface area contributed by atoms with Crippen LogP contribution < -0.4 is 14.5 Å². The lowest BCUT2D eigenvalue weighted by Gasteiger charge is -2.30. The van der Waals surface area contributed by atoms with Crippen molar-refractivity contribution in [3.63, 3.8) is 0 Å². The van der Waals surface area contributed by atoms with E-state index in [1.807, 2.05) is 43.3 Å². The molecule has 3 aromatic carbocycles. The summed E-state index contributed by atoms with van der Waals surface area (Å²) in [5.74, 6) is 0.582. The Morgan fingerprint density at radius 1 is 0.833 bits per heavy atom. The minimum atomic E-state index is -4.73. The number of hydroxylamine groups is 1. The van der Waals surface area contributed by atoms with E-state index < -0.39 is 6.36 Å². The highest BCUT2D eigenvalue weighted by molar-refractivity contribution is 5.83.